The monoisotopic (exact) mass is 373 g/mol. The maximum absolute atomic E-state index is 10.8. The predicted octanol–water partition coefficient (Wildman–Crippen LogP) is 7.78. The number of ether oxygens (including phenoxy) is 1. The molecule has 0 bridgehead atoms. The molecule has 0 saturated carbocycles. The summed E-state index contributed by atoms with van der Waals surface area (Å²) in [5, 5.41) is 0. The van der Waals surface area contributed by atoms with Crippen molar-refractivity contribution in [1.82, 2.24) is 0 Å². The van der Waals surface area contributed by atoms with E-state index in [-0.39, 0.29) is 0 Å². The molecule has 0 amide bonds. The Labute approximate surface area is 168 Å². The highest BCUT2D eigenvalue weighted by atomic mass is 16.5. The van der Waals surface area contributed by atoms with Gasteiger partial charge in [-0.15, -0.1) is 0 Å². The van der Waals surface area contributed by atoms with E-state index in [1.165, 1.54) is 96.3 Å². The van der Waals surface area contributed by atoms with Gasteiger partial charge in [-0.3, -0.25) is 4.79 Å². The highest BCUT2D eigenvalue weighted by Gasteiger charge is 2.01. The van der Waals surface area contributed by atoms with E-state index in [1.54, 1.807) is 6.07 Å². The summed E-state index contributed by atoms with van der Waals surface area (Å²) in [6.07, 6.45) is 23.9. The van der Waals surface area contributed by atoms with Gasteiger partial charge >= 0.3 is 0 Å². The van der Waals surface area contributed by atoms with Crippen molar-refractivity contribution in [1.29, 1.82) is 0 Å². The van der Waals surface area contributed by atoms with E-state index in [2.05, 4.69) is 6.92 Å². The second-order valence-electron chi connectivity index (χ2n) is 7.75. The maximum atomic E-state index is 10.8. The molecule has 1 aromatic rings. The van der Waals surface area contributed by atoms with E-state index in [1.807, 2.05) is 24.5 Å². The molecule has 0 fully saturated rings. The Balaban J connectivity index is 1.78. The second kappa shape index (κ2) is 18.1. The number of rotatable bonds is 19. The largest absolute Gasteiger partial charge is 0.493 e. The Bertz CT molecular complexity index is 455. The Hall–Kier alpha value is -1.31. The van der Waals surface area contributed by atoms with Crippen molar-refractivity contribution < 1.29 is 9.53 Å². The molecule has 0 heterocycles. The lowest BCUT2D eigenvalue weighted by Crippen LogP contribution is -1.99. The smallest absolute Gasteiger partial charge is 0.237 e. The number of carbonyl (C=O) groups excluding carboxylic acids is 1. The number of benzene rings is 1. The minimum atomic E-state index is 0.522. The molecule has 0 saturated heterocycles. The number of hydrogen-bond acceptors (Lipinski definition) is 2. The lowest BCUT2D eigenvalue weighted by Gasteiger charge is -2.07. The third kappa shape index (κ3) is 13.5. The van der Waals surface area contributed by atoms with Crippen LogP contribution in [0.5, 0.6) is 5.75 Å². The van der Waals surface area contributed by atoms with Gasteiger partial charge in [-0.25, -0.2) is 0 Å². The van der Waals surface area contributed by atoms with Crippen LogP contribution in [0.25, 0.3) is 0 Å². The zero-order valence-corrected chi connectivity index (χ0v) is 17.6. The summed E-state index contributed by atoms with van der Waals surface area (Å²) in [7, 11) is 0. The van der Waals surface area contributed by atoms with Crippen LogP contribution >= 0.6 is 0 Å². The van der Waals surface area contributed by atoms with Gasteiger partial charge in [0.15, 0.2) is 0 Å². The van der Waals surface area contributed by atoms with Crippen LogP contribution < -0.4 is 4.74 Å². The average molecular weight is 374 g/mol. The molecule has 0 aliphatic carbocycles. The maximum Gasteiger partial charge on any atom is 0.237 e. The van der Waals surface area contributed by atoms with Gasteiger partial charge in [-0.05, 0) is 18.6 Å². The summed E-state index contributed by atoms with van der Waals surface area (Å²) in [6.45, 7) is 2.97. The normalized spacial score (nSPS) is 10.9. The Morgan fingerprint density at radius 2 is 1.11 bits per heavy atom. The second-order valence-corrected chi connectivity index (χ2v) is 7.75. The number of unbranched alkanes of at least 4 members (excludes halogenated alkanes) is 15. The summed E-state index contributed by atoms with van der Waals surface area (Å²) < 4.78 is 5.68. The molecule has 1 rings (SSSR count). The lowest BCUT2D eigenvalue weighted by molar-refractivity contribution is 0.303. The van der Waals surface area contributed by atoms with Crippen LogP contribution in [-0.2, 0) is 4.79 Å². The summed E-state index contributed by atoms with van der Waals surface area (Å²) in [5.74, 6) is 0.661. The van der Waals surface area contributed by atoms with Crippen LogP contribution in [0.3, 0.4) is 0 Å². The predicted molar refractivity (Wildman–Crippen MR) is 116 cm³/mol. The molecule has 0 unspecified atom stereocenters. The van der Waals surface area contributed by atoms with Gasteiger partial charge < -0.3 is 4.74 Å². The van der Waals surface area contributed by atoms with E-state index in [0.29, 0.717) is 17.9 Å². The molecular formula is C25H41O2. The number of para-hydroxylation sites is 1. The highest BCUT2D eigenvalue weighted by molar-refractivity contribution is 5.79. The third-order valence-electron chi connectivity index (χ3n) is 5.25. The van der Waals surface area contributed by atoms with E-state index in [4.69, 9.17) is 4.74 Å². The van der Waals surface area contributed by atoms with Crippen molar-refractivity contribution >= 4 is 6.29 Å². The summed E-state index contributed by atoms with van der Waals surface area (Å²) in [5.41, 5.74) is 0.522. The molecule has 0 aromatic heterocycles. The number of hydrogen-bond donors (Lipinski definition) is 0. The molecule has 1 radical (unpaired) electrons. The molecular weight excluding hydrogens is 332 g/mol. The van der Waals surface area contributed by atoms with Crippen molar-refractivity contribution in [3.05, 3.63) is 29.8 Å². The van der Waals surface area contributed by atoms with E-state index >= 15 is 0 Å². The summed E-state index contributed by atoms with van der Waals surface area (Å²) in [4.78, 5) is 10.8. The quantitative estimate of drug-likeness (QED) is 0.231. The van der Waals surface area contributed by atoms with Crippen LogP contribution in [0, 0.1) is 0 Å². The van der Waals surface area contributed by atoms with Crippen molar-refractivity contribution in [3.63, 3.8) is 0 Å². The van der Waals surface area contributed by atoms with E-state index in [0.717, 1.165) is 6.42 Å². The molecule has 0 spiro atoms. The molecule has 0 atom stereocenters. The average Bonchev–Trinajstić information content (AvgIpc) is 2.70. The first-order chi connectivity index (χ1) is 13.4. The Morgan fingerprint density at radius 1 is 0.667 bits per heavy atom. The van der Waals surface area contributed by atoms with Gasteiger partial charge in [0.25, 0.3) is 0 Å². The fraction of sp³-hybridized carbons (Fsp3) is 0.720. The molecule has 1 aromatic carbocycles. The van der Waals surface area contributed by atoms with Crippen LogP contribution in [0.4, 0.5) is 0 Å². The van der Waals surface area contributed by atoms with Gasteiger partial charge in [0.05, 0.1) is 12.2 Å². The first-order valence-corrected chi connectivity index (χ1v) is 11.5. The molecule has 27 heavy (non-hydrogen) atoms. The summed E-state index contributed by atoms with van der Waals surface area (Å²) in [6, 6.07) is 7.31. The zero-order valence-electron chi connectivity index (χ0n) is 17.6. The van der Waals surface area contributed by atoms with E-state index < -0.39 is 0 Å². The minimum Gasteiger partial charge on any atom is -0.493 e. The van der Waals surface area contributed by atoms with Gasteiger partial charge in [-0.1, -0.05) is 115 Å². The first kappa shape index (κ1) is 23.7. The Morgan fingerprint density at radius 3 is 1.59 bits per heavy atom. The molecule has 0 aliphatic rings. The molecule has 2 heteroatoms. The minimum absolute atomic E-state index is 0.522. The third-order valence-corrected chi connectivity index (χ3v) is 5.25. The highest BCUT2D eigenvalue weighted by Crippen LogP contribution is 2.17. The fourth-order valence-electron chi connectivity index (χ4n) is 3.51. The lowest BCUT2D eigenvalue weighted by atomic mass is 10.0. The zero-order chi connectivity index (χ0) is 19.4. The van der Waals surface area contributed by atoms with Gasteiger partial charge in [0, 0.05) is 0 Å². The fourth-order valence-corrected chi connectivity index (χ4v) is 3.51. The Kier molecular flexibility index (Phi) is 15.9. The molecule has 0 aliphatic heterocycles. The van der Waals surface area contributed by atoms with Crippen LogP contribution in [-0.4, -0.2) is 12.9 Å². The van der Waals surface area contributed by atoms with Crippen molar-refractivity contribution in [2.45, 2.75) is 110 Å². The van der Waals surface area contributed by atoms with Crippen LogP contribution in [0.2, 0.25) is 0 Å². The molecule has 2 nitrogen and oxygen atoms in total. The van der Waals surface area contributed by atoms with Gasteiger partial charge in [0.1, 0.15) is 5.75 Å². The summed E-state index contributed by atoms with van der Waals surface area (Å²) >= 11 is 0. The van der Waals surface area contributed by atoms with Crippen LogP contribution in [0.15, 0.2) is 24.3 Å². The molecule has 153 valence electrons. The van der Waals surface area contributed by atoms with E-state index in [9.17, 15) is 4.79 Å². The topological polar surface area (TPSA) is 26.3 Å². The van der Waals surface area contributed by atoms with Crippen molar-refractivity contribution in [2.24, 2.45) is 0 Å². The van der Waals surface area contributed by atoms with Gasteiger partial charge in [0.2, 0.25) is 6.29 Å². The first-order valence-electron chi connectivity index (χ1n) is 11.5. The SMILES string of the molecule is CCCCCCCCCCCCCCCCCCOc1ccccc1[C]=O. The van der Waals surface area contributed by atoms with Crippen molar-refractivity contribution in [3.8, 4) is 5.75 Å². The standard InChI is InChI=1S/C25H41O2/c1-2-3-4-5-6-7-8-9-10-11-12-13-14-15-16-19-22-27-25-21-18-17-20-24(25)23-26/h17-18,20-21H,2-16,19,22H2,1H3. The molecule has 0 N–H and O–H groups in total. The van der Waals surface area contributed by atoms with Crippen molar-refractivity contribution in [2.75, 3.05) is 6.61 Å². The van der Waals surface area contributed by atoms with Gasteiger partial charge in [-0.2, -0.15) is 0 Å². The van der Waals surface area contributed by atoms with Crippen LogP contribution in [0.1, 0.15) is 115 Å².